The monoisotopic (exact) mass is 296 g/mol. The van der Waals surface area contributed by atoms with Gasteiger partial charge in [0.2, 0.25) is 0 Å². The maximum Gasteiger partial charge on any atom is 0.488 e. The smallest absolute Gasteiger partial charge is 0.488 e. The highest BCUT2D eigenvalue weighted by atomic mass is 32.3. The maximum atomic E-state index is 12.3. The predicted molar refractivity (Wildman–Crippen MR) is 69.4 cm³/mol. The zero-order valence-corrected chi connectivity index (χ0v) is 10.8. The summed E-state index contributed by atoms with van der Waals surface area (Å²) < 4.78 is 36.8. The number of benzene rings is 2. The molecule has 6 nitrogen and oxygen atoms in total. The van der Waals surface area contributed by atoms with Crippen LogP contribution in [0.4, 0.5) is 15.3 Å². The van der Waals surface area contributed by atoms with E-state index in [0.717, 1.165) is 0 Å². The van der Waals surface area contributed by atoms with Crippen molar-refractivity contribution in [3.63, 3.8) is 0 Å². The highest BCUT2D eigenvalue weighted by Gasteiger charge is 2.08. The molecule has 0 heterocycles. The van der Waals surface area contributed by atoms with Gasteiger partial charge in [0, 0.05) is 0 Å². The van der Waals surface area contributed by atoms with Crippen LogP contribution in [0.5, 0.6) is 11.5 Å². The van der Waals surface area contributed by atoms with Gasteiger partial charge < -0.3 is 9.29 Å². The average Bonchev–Trinajstić information content (AvgIpc) is 2.38. The van der Waals surface area contributed by atoms with Crippen molar-refractivity contribution in [3.8, 4) is 11.5 Å². The molecule has 1 N–H and O–H groups in total. The molecule has 0 spiro atoms. The molecule has 0 aliphatic carbocycles. The van der Waals surface area contributed by atoms with Crippen molar-refractivity contribution >= 4 is 21.9 Å². The summed E-state index contributed by atoms with van der Waals surface area (Å²) in [6, 6.07) is 11.4. The first kappa shape index (κ1) is 13.9. The van der Waals surface area contributed by atoms with Crippen molar-refractivity contribution in [3.05, 3.63) is 48.5 Å². The Hall–Kier alpha value is -2.48. The molecule has 0 radical (unpaired) electrons. The Balaban J connectivity index is 2.09. The molecule has 0 amide bonds. The first-order chi connectivity index (χ1) is 9.42. The molecule has 8 heteroatoms. The van der Waals surface area contributed by atoms with Crippen molar-refractivity contribution in [2.45, 2.75) is 0 Å². The van der Waals surface area contributed by atoms with Crippen LogP contribution in [0.15, 0.2) is 58.8 Å². The molecule has 0 atom stereocenters. The van der Waals surface area contributed by atoms with Crippen LogP contribution in [-0.4, -0.2) is 13.5 Å². The Morgan fingerprint density at radius 2 is 1.35 bits per heavy atom. The molecule has 0 aromatic heterocycles. The van der Waals surface area contributed by atoms with Gasteiger partial charge in [0.05, 0.1) is 11.4 Å². The van der Waals surface area contributed by atoms with E-state index in [2.05, 4.69) is 14.4 Å². The number of aromatic hydroxyl groups is 1. The minimum atomic E-state index is -5.03. The van der Waals surface area contributed by atoms with Crippen LogP contribution in [-0.2, 0) is 10.5 Å². The number of phenols is 1. The summed E-state index contributed by atoms with van der Waals surface area (Å²) in [7, 11) is -5.03. The third kappa shape index (κ3) is 4.32. The number of hydrogen-bond donors (Lipinski definition) is 1. The summed E-state index contributed by atoms with van der Waals surface area (Å²) >= 11 is 0. The largest absolute Gasteiger partial charge is 0.508 e. The van der Waals surface area contributed by atoms with Gasteiger partial charge in [-0.1, -0.05) is 3.89 Å². The molecule has 0 fully saturated rings. The number of hydrogen-bond acceptors (Lipinski definition) is 6. The minimum Gasteiger partial charge on any atom is -0.508 e. The van der Waals surface area contributed by atoms with Gasteiger partial charge in [0.15, 0.2) is 0 Å². The fourth-order valence-electron chi connectivity index (χ4n) is 1.32. The van der Waals surface area contributed by atoms with E-state index in [1.807, 2.05) is 0 Å². The summed E-state index contributed by atoms with van der Waals surface area (Å²) in [5.74, 6) is -0.0334. The molecular weight excluding hydrogens is 287 g/mol. The van der Waals surface area contributed by atoms with Crippen LogP contribution in [0, 0.1) is 0 Å². The van der Waals surface area contributed by atoms with Crippen LogP contribution in [0.25, 0.3) is 0 Å². The Bertz CT molecular complexity index is 712. The number of nitrogens with zero attached hydrogens (tertiary/aromatic N) is 2. The van der Waals surface area contributed by atoms with Gasteiger partial charge in [0.1, 0.15) is 11.5 Å². The molecule has 0 bridgehead atoms. The van der Waals surface area contributed by atoms with E-state index in [4.69, 9.17) is 5.11 Å². The molecular formula is C12H9FN2O4S. The van der Waals surface area contributed by atoms with Gasteiger partial charge in [-0.3, -0.25) is 0 Å². The Morgan fingerprint density at radius 3 is 1.80 bits per heavy atom. The lowest BCUT2D eigenvalue weighted by molar-refractivity contribution is 0.440. The Labute approximate surface area is 114 Å². The summed E-state index contributed by atoms with van der Waals surface area (Å²) in [6.45, 7) is 0. The molecule has 0 aliphatic rings. The van der Waals surface area contributed by atoms with E-state index in [1.165, 1.54) is 36.4 Å². The van der Waals surface area contributed by atoms with Gasteiger partial charge in [-0.25, -0.2) is 0 Å². The van der Waals surface area contributed by atoms with Crippen molar-refractivity contribution in [1.29, 1.82) is 0 Å². The fraction of sp³-hybridized carbons (Fsp3) is 0. The van der Waals surface area contributed by atoms with Gasteiger partial charge in [-0.2, -0.15) is 18.6 Å². The lowest BCUT2D eigenvalue weighted by Gasteiger charge is -1.99. The van der Waals surface area contributed by atoms with Crippen molar-refractivity contribution in [2.24, 2.45) is 10.2 Å². The van der Waals surface area contributed by atoms with Crippen LogP contribution in [0.3, 0.4) is 0 Å². The van der Waals surface area contributed by atoms with Crippen LogP contribution in [0.2, 0.25) is 0 Å². The lowest BCUT2D eigenvalue weighted by Crippen LogP contribution is -2.00. The van der Waals surface area contributed by atoms with Crippen molar-refractivity contribution in [2.75, 3.05) is 0 Å². The summed E-state index contributed by atoms with van der Waals surface area (Å²) in [6.07, 6.45) is 0. The summed E-state index contributed by atoms with van der Waals surface area (Å²) in [4.78, 5) is 0. The van der Waals surface area contributed by atoms with Gasteiger partial charge in [0.25, 0.3) is 0 Å². The average molecular weight is 296 g/mol. The van der Waals surface area contributed by atoms with Crippen LogP contribution < -0.4 is 4.18 Å². The van der Waals surface area contributed by atoms with Gasteiger partial charge in [-0.15, -0.1) is 0 Å². The fourth-order valence-corrected chi connectivity index (χ4v) is 1.66. The van der Waals surface area contributed by atoms with Gasteiger partial charge in [-0.05, 0) is 48.5 Å². The molecule has 20 heavy (non-hydrogen) atoms. The molecule has 104 valence electrons. The molecule has 2 rings (SSSR count). The van der Waals surface area contributed by atoms with Crippen LogP contribution >= 0.6 is 0 Å². The highest BCUT2D eigenvalue weighted by Crippen LogP contribution is 2.23. The van der Waals surface area contributed by atoms with E-state index in [0.29, 0.717) is 11.4 Å². The van der Waals surface area contributed by atoms with Crippen LogP contribution in [0.1, 0.15) is 0 Å². The maximum absolute atomic E-state index is 12.3. The zero-order valence-electron chi connectivity index (χ0n) is 9.97. The first-order valence-electron chi connectivity index (χ1n) is 5.37. The zero-order chi connectivity index (χ0) is 14.6. The van der Waals surface area contributed by atoms with E-state index in [1.54, 1.807) is 12.1 Å². The molecule has 2 aromatic carbocycles. The summed E-state index contributed by atoms with van der Waals surface area (Å²) in [5, 5.41) is 16.9. The molecule has 0 aliphatic heterocycles. The quantitative estimate of drug-likeness (QED) is 0.691. The topological polar surface area (TPSA) is 88.3 Å². The Kier molecular flexibility index (Phi) is 3.94. The second-order valence-corrected chi connectivity index (χ2v) is 4.64. The second-order valence-electron chi connectivity index (χ2n) is 3.69. The SMILES string of the molecule is O=S(=O)(F)Oc1ccc(N=Nc2ccc(O)cc2)cc1. The number of azo groups is 1. The first-order valence-corrected chi connectivity index (χ1v) is 6.68. The summed E-state index contributed by atoms with van der Waals surface area (Å²) in [5.41, 5.74) is 0.969. The lowest BCUT2D eigenvalue weighted by atomic mass is 10.3. The van der Waals surface area contributed by atoms with Gasteiger partial charge >= 0.3 is 10.5 Å². The van der Waals surface area contributed by atoms with E-state index in [-0.39, 0.29) is 11.5 Å². The predicted octanol–water partition coefficient (Wildman–Crippen LogP) is 3.40. The number of phenolic OH excluding ortho intramolecular Hbond substituents is 1. The third-order valence-corrected chi connectivity index (χ3v) is 2.55. The minimum absolute atomic E-state index is 0.123. The number of rotatable bonds is 4. The normalized spacial score (nSPS) is 11.7. The third-order valence-electron chi connectivity index (χ3n) is 2.16. The van der Waals surface area contributed by atoms with E-state index < -0.39 is 10.5 Å². The van der Waals surface area contributed by atoms with E-state index in [9.17, 15) is 12.3 Å². The van der Waals surface area contributed by atoms with Crippen molar-refractivity contribution < 1.29 is 21.6 Å². The molecule has 0 saturated heterocycles. The Morgan fingerprint density at radius 1 is 0.900 bits per heavy atom. The molecule has 0 unspecified atom stereocenters. The highest BCUT2D eigenvalue weighted by molar-refractivity contribution is 7.81. The molecule has 2 aromatic rings. The number of halogens is 1. The standard InChI is InChI=1S/C12H9FN2O4S/c13-20(17,18)19-12-7-3-10(4-8-12)15-14-9-1-5-11(16)6-2-9/h1-8,16H. The molecule has 0 saturated carbocycles. The van der Waals surface area contributed by atoms with Crippen molar-refractivity contribution in [1.82, 2.24) is 0 Å². The van der Waals surface area contributed by atoms with E-state index >= 15 is 0 Å². The second kappa shape index (κ2) is 5.66.